The number of amides is 2. The summed E-state index contributed by atoms with van der Waals surface area (Å²) in [6.07, 6.45) is -1.99. The molecule has 0 saturated heterocycles. The summed E-state index contributed by atoms with van der Waals surface area (Å²) in [7, 11) is 0. The van der Waals surface area contributed by atoms with E-state index in [2.05, 4.69) is 0 Å². The number of hydrogen-bond acceptors (Lipinski definition) is 8. The van der Waals surface area contributed by atoms with Gasteiger partial charge in [-0.2, -0.15) is 0 Å². The molecular weight excluding hydrogens is 420 g/mol. The number of nitrogens with zero attached hydrogens (tertiary/aromatic N) is 2. The third kappa shape index (κ3) is 3.31. The third-order valence-electron chi connectivity index (χ3n) is 4.88. The van der Waals surface area contributed by atoms with E-state index >= 15 is 0 Å². The summed E-state index contributed by atoms with van der Waals surface area (Å²) in [5.74, 6) is -1.31. The van der Waals surface area contributed by atoms with Gasteiger partial charge in [0.25, 0.3) is 0 Å². The molecule has 2 aliphatic rings. The number of anilines is 2. The Kier molecular flexibility index (Phi) is 5.71. The van der Waals surface area contributed by atoms with Crippen molar-refractivity contribution in [3.8, 4) is 0 Å². The third-order valence-corrected chi connectivity index (χ3v) is 4.88. The first-order valence-electron chi connectivity index (χ1n) is 9.68. The summed E-state index contributed by atoms with van der Waals surface area (Å²) in [5.41, 5.74) is -0.0925. The minimum atomic E-state index is -0.993. The minimum absolute atomic E-state index is 0.142. The van der Waals surface area contributed by atoms with Crippen molar-refractivity contribution < 1.29 is 38.9 Å². The molecule has 0 bridgehead atoms. The Hall–Kier alpha value is -4.02. The van der Waals surface area contributed by atoms with Crippen molar-refractivity contribution in [2.45, 2.75) is 0 Å². The molecule has 2 aromatic rings. The maximum Gasteiger partial charge on any atom is 0.419 e. The van der Waals surface area contributed by atoms with Crippen molar-refractivity contribution in [2.75, 3.05) is 36.2 Å². The molecule has 10 heteroatoms. The van der Waals surface area contributed by atoms with E-state index in [9.17, 15) is 19.2 Å². The largest absolute Gasteiger partial charge is 0.446 e. The predicted octanol–water partition coefficient (Wildman–Crippen LogP) is 1.86. The standard InChI is InChI=1S/C22H18N2O8/c25-9-11-31-21(29)23-15-7-3-1-5-13(15)19(27)17(23)18-20(28)14-6-2-4-8-16(14)24(18)22(30)32-12-10-26/h1-8,25-26H,9-12H2/b18-17+. The quantitative estimate of drug-likeness (QED) is 0.691. The summed E-state index contributed by atoms with van der Waals surface area (Å²) in [5, 5.41) is 18.0. The smallest absolute Gasteiger partial charge is 0.419 e. The number of hydrogen-bond donors (Lipinski definition) is 2. The molecule has 0 saturated carbocycles. The Labute approximate surface area is 181 Å². The van der Waals surface area contributed by atoms with Crippen LogP contribution in [0.1, 0.15) is 20.7 Å². The maximum atomic E-state index is 13.3. The lowest BCUT2D eigenvalue weighted by Gasteiger charge is -2.23. The average Bonchev–Trinajstić information content (AvgIpc) is 3.27. The second kappa shape index (κ2) is 8.61. The number of carbonyl (C=O) groups excluding carboxylic acids is 4. The molecule has 4 rings (SSSR count). The Morgan fingerprint density at radius 2 is 1.06 bits per heavy atom. The van der Waals surface area contributed by atoms with Crippen LogP contribution in [0.15, 0.2) is 59.9 Å². The maximum absolute atomic E-state index is 13.3. The van der Waals surface area contributed by atoms with Crippen LogP contribution in [0.5, 0.6) is 0 Å². The van der Waals surface area contributed by atoms with E-state index in [4.69, 9.17) is 19.7 Å². The summed E-state index contributed by atoms with van der Waals surface area (Å²) in [4.78, 5) is 54.1. The summed E-state index contributed by atoms with van der Waals surface area (Å²) in [6, 6.07) is 12.4. The van der Waals surface area contributed by atoms with Crippen LogP contribution in [0.25, 0.3) is 0 Å². The fourth-order valence-electron chi connectivity index (χ4n) is 3.62. The first-order chi connectivity index (χ1) is 15.5. The highest BCUT2D eigenvalue weighted by Gasteiger charge is 2.47. The molecule has 10 nitrogen and oxygen atoms in total. The normalized spacial score (nSPS) is 16.8. The minimum Gasteiger partial charge on any atom is -0.446 e. The molecule has 2 aromatic carbocycles. The number of rotatable bonds is 4. The van der Waals surface area contributed by atoms with Gasteiger partial charge in [0.15, 0.2) is 0 Å². The van der Waals surface area contributed by atoms with Crippen molar-refractivity contribution in [3.05, 3.63) is 71.1 Å². The van der Waals surface area contributed by atoms with Gasteiger partial charge in [0.1, 0.15) is 24.6 Å². The molecule has 0 aliphatic carbocycles. The van der Waals surface area contributed by atoms with Crippen molar-refractivity contribution >= 4 is 35.1 Å². The molecule has 2 heterocycles. The SMILES string of the molecule is O=C1/C(=C2/C(=O)c3ccccc3N2C(=O)OCCO)N(C(=O)OCCO)c2ccccc21. The molecular formula is C22H18N2O8. The van der Waals surface area contributed by atoms with Crippen LogP contribution in [-0.2, 0) is 9.47 Å². The zero-order chi connectivity index (χ0) is 22.8. The predicted molar refractivity (Wildman–Crippen MR) is 110 cm³/mol. The Balaban J connectivity index is 1.93. The zero-order valence-corrected chi connectivity index (χ0v) is 16.7. The van der Waals surface area contributed by atoms with Crippen LogP contribution in [0.2, 0.25) is 0 Å². The van der Waals surface area contributed by atoms with Gasteiger partial charge >= 0.3 is 12.2 Å². The highest BCUT2D eigenvalue weighted by atomic mass is 16.6. The van der Waals surface area contributed by atoms with E-state index in [1.54, 1.807) is 24.3 Å². The monoisotopic (exact) mass is 438 g/mol. The van der Waals surface area contributed by atoms with Crippen molar-refractivity contribution in [1.82, 2.24) is 0 Å². The number of benzene rings is 2. The van der Waals surface area contributed by atoms with E-state index in [-0.39, 0.29) is 47.1 Å². The number of allylic oxidation sites excluding steroid dienone is 2. The van der Waals surface area contributed by atoms with E-state index in [0.29, 0.717) is 0 Å². The molecule has 2 N–H and O–H groups in total. The first kappa shape index (κ1) is 21.2. The van der Waals surface area contributed by atoms with Crippen LogP contribution in [0.3, 0.4) is 0 Å². The number of carbonyl (C=O) groups is 4. The van der Waals surface area contributed by atoms with Gasteiger partial charge in [-0.05, 0) is 24.3 Å². The Morgan fingerprint density at radius 3 is 1.44 bits per heavy atom. The van der Waals surface area contributed by atoms with Crippen molar-refractivity contribution in [3.63, 3.8) is 0 Å². The number of aliphatic hydroxyl groups is 2. The van der Waals surface area contributed by atoms with Crippen LogP contribution in [0.4, 0.5) is 21.0 Å². The van der Waals surface area contributed by atoms with Gasteiger partial charge in [0, 0.05) is 11.1 Å². The Bertz CT molecular complexity index is 1070. The number of ether oxygens (including phenoxy) is 2. The molecule has 0 radical (unpaired) electrons. The number of Topliss-reactive ketones (excluding diaryl/α,β-unsaturated/α-hetero) is 2. The van der Waals surface area contributed by atoms with Gasteiger partial charge < -0.3 is 19.7 Å². The van der Waals surface area contributed by atoms with E-state index in [1.165, 1.54) is 24.3 Å². The van der Waals surface area contributed by atoms with Crippen LogP contribution >= 0.6 is 0 Å². The van der Waals surface area contributed by atoms with Gasteiger partial charge in [-0.3, -0.25) is 9.59 Å². The second-order valence-corrected chi connectivity index (χ2v) is 6.74. The van der Waals surface area contributed by atoms with Crippen LogP contribution in [-0.4, -0.2) is 60.4 Å². The lowest BCUT2D eigenvalue weighted by Crippen LogP contribution is -2.37. The van der Waals surface area contributed by atoms with E-state index in [1.807, 2.05) is 0 Å². The fourth-order valence-corrected chi connectivity index (χ4v) is 3.62. The zero-order valence-electron chi connectivity index (χ0n) is 16.7. The molecule has 0 aromatic heterocycles. The van der Waals surface area contributed by atoms with Gasteiger partial charge in [0.05, 0.1) is 24.6 Å². The summed E-state index contributed by atoms with van der Waals surface area (Å²) in [6.45, 7) is -1.54. The molecule has 32 heavy (non-hydrogen) atoms. The summed E-state index contributed by atoms with van der Waals surface area (Å²) >= 11 is 0. The van der Waals surface area contributed by atoms with Gasteiger partial charge in [-0.1, -0.05) is 24.3 Å². The molecule has 2 amide bonds. The molecule has 0 atom stereocenters. The lowest BCUT2D eigenvalue weighted by atomic mass is 10.1. The number of aliphatic hydroxyl groups excluding tert-OH is 2. The van der Waals surface area contributed by atoms with Crippen molar-refractivity contribution in [2.24, 2.45) is 0 Å². The summed E-state index contributed by atoms with van der Waals surface area (Å²) < 4.78 is 10.0. The van der Waals surface area contributed by atoms with Gasteiger partial charge in [-0.15, -0.1) is 0 Å². The molecule has 164 valence electrons. The second-order valence-electron chi connectivity index (χ2n) is 6.74. The number of ketones is 2. The highest BCUT2D eigenvalue weighted by Crippen LogP contribution is 2.43. The van der Waals surface area contributed by atoms with E-state index < -0.39 is 37.0 Å². The molecule has 0 unspecified atom stereocenters. The van der Waals surface area contributed by atoms with Gasteiger partial charge in [0.2, 0.25) is 11.6 Å². The lowest BCUT2D eigenvalue weighted by molar-refractivity contribution is 0.0995. The topological polar surface area (TPSA) is 134 Å². The average molecular weight is 438 g/mol. The number of fused-ring (bicyclic) bond motifs is 2. The first-order valence-corrected chi connectivity index (χ1v) is 9.68. The molecule has 0 spiro atoms. The van der Waals surface area contributed by atoms with E-state index in [0.717, 1.165) is 9.80 Å². The molecule has 0 fully saturated rings. The molecule has 2 aliphatic heterocycles. The fraction of sp³-hybridized carbons (Fsp3) is 0.182. The Morgan fingerprint density at radius 1 is 0.688 bits per heavy atom. The van der Waals surface area contributed by atoms with Crippen LogP contribution in [0, 0.1) is 0 Å². The van der Waals surface area contributed by atoms with Gasteiger partial charge in [-0.25, -0.2) is 19.4 Å². The number of para-hydroxylation sites is 2. The van der Waals surface area contributed by atoms with Crippen molar-refractivity contribution in [1.29, 1.82) is 0 Å². The van der Waals surface area contributed by atoms with Crippen LogP contribution < -0.4 is 9.80 Å². The highest BCUT2D eigenvalue weighted by molar-refractivity contribution is 6.33.